The van der Waals surface area contributed by atoms with E-state index in [-0.39, 0.29) is 37.7 Å². The normalized spacial score (nSPS) is 15.7. The Morgan fingerprint density at radius 1 is 1.30 bits per heavy atom. The number of halogens is 4. The maximum absolute atomic E-state index is 13.6. The molecule has 12 heteroatoms. The number of benzene rings is 1. The number of ether oxygens (including phenoxy) is 1. The SMILES string of the molecule is CCN(CC(F)F)[C@H](C(N)=O)C(=O)Nc1ccc(N2CCOCC2=O)cc1C(F)F. The first-order valence-electron chi connectivity index (χ1n) is 9.08. The first kappa shape index (κ1) is 23.5. The molecule has 166 valence electrons. The number of rotatable bonds is 9. The number of hydrogen-bond acceptors (Lipinski definition) is 5. The summed E-state index contributed by atoms with van der Waals surface area (Å²) in [5.74, 6) is -2.70. The monoisotopic (exact) mass is 434 g/mol. The van der Waals surface area contributed by atoms with Gasteiger partial charge in [0.05, 0.1) is 13.2 Å². The Morgan fingerprint density at radius 3 is 2.53 bits per heavy atom. The Hall–Kier alpha value is -2.73. The van der Waals surface area contributed by atoms with Crippen LogP contribution in [0.5, 0.6) is 0 Å². The number of hydrogen-bond donors (Lipinski definition) is 2. The third-order valence-corrected chi connectivity index (χ3v) is 4.49. The minimum absolute atomic E-state index is 0.0921. The van der Waals surface area contributed by atoms with Crippen molar-refractivity contribution in [2.45, 2.75) is 25.8 Å². The summed E-state index contributed by atoms with van der Waals surface area (Å²) in [7, 11) is 0. The van der Waals surface area contributed by atoms with Gasteiger partial charge in [0.2, 0.25) is 5.91 Å². The molecule has 1 aliphatic heterocycles. The van der Waals surface area contributed by atoms with Gasteiger partial charge in [0, 0.05) is 23.5 Å². The molecule has 0 radical (unpaired) electrons. The quantitative estimate of drug-likeness (QED) is 0.451. The van der Waals surface area contributed by atoms with Gasteiger partial charge in [0.15, 0.2) is 6.04 Å². The fourth-order valence-electron chi connectivity index (χ4n) is 3.07. The number of carbonyl (C=O) groups is 3. The number of nitrogens with two attached hydrogens (primary N) is 1. The highest BCUT2D eigenvalue weighted by Crippen LogP contribution is 2.32. The zero-order valence-electron chi connectivity index (χ0n) is 16.1. The number of nitrogens with one attached hydrogen (secondary N) is 1. The number of anilines is 2. The number of likely N-dealkylation sites (N-methyl/N-ethyl adjacent to an activating group) is 1. The second kappa shape index (κ2) is 10.3. The Balaban J connectivity index is 2.30. The molecule has 1 aliphatic rings. The molecule has 0 saturated carbocycles. The lowest BCUT2D eigenvalue weighted by Gasteiger charge is -2.28. The van der Waals surface area contributed by atoms with Gasteiger partial charge in [0.1, 0.15) is 6.61 Å². The Kier molecular flexibility index (Phi) is 8.12. The van der Waals surface area contributed by atoms with E-state index in [4.69, 9.17) is 10.5 Å². The molecule has 3 N–H and O–H groups in total. The molecule has 1 fully saturated rings. The average Bonchev–Trinajstić information content (AvgIpc) is 2.67. The van der Waals surface area contributed by atoms with Crippen molar-refractivity contribution in [1.82, 2.24) is 4.90 Å². The smallest absolute Gasteiger partial charge is 0.265 e. The van der Waals surface area contributed by atoms with Crippen molar-refractivity contribution in [2.24, 2.45) is 5.73 Å². The number of carbonyl (C=O) groups excluding carboxylic acids is 3. The molecule has 0 spiro atoms. The van der Waals surface area contributed by atoms with Crippen LogP contribution in [-0.2, 0) is 19.1 Å². The highest BCUT2D eigenvalue weighted by Gasteiger charge is 2.33. The van der Waals surface area contributed by atoms with E-state index < -0.39 is 48.7 Å². The average molecular weight is 434 g/mol. The first-order chi connectivity index (χ1) is 14.1. The lowest BCUT2D eigenvalue weighted by molar-refractivity contribution is -0.133. The van der Waals surface area contributed by atoms with Crippen LogP contribution in [0.25, 0.3) is 0 Å². The minimum atomic E-state index is -3.02. The summed E-state index contributed by atoms with van der Waals surface area (Å²) in [5.41, 5.74) is 4.46. The van der Waals surface area contributed by atoms with Crippen molar-refractivity contribution in [1.29, 1.82) is 0 Å². The molecule has 1 aromatic rings. The van der Waals surface area contributed by atoms with Crippen molar-refractivity contribution in [3.63, 3.8) is 0 Å². The van der Waals surface area contributed by atoms with Gasteiger partial charge in [-0.25, -0.2) is 17.6 Å². The molecular formula is C18H22F4N4O4. The molecular weight excluding hydrogens is 412 g/mol. The molecule has 0 bridgehead atoms. The predicted molar refractivity (Wildman–Crippen MR) is 99.4 cm³/mol. The summed E-state index contributed by atoms with van der Waals surface area (Å²) in [6.07, 6.45) is -5.85. The van der Waals surface area contributed by atoms with Crippen LogP contribution in [-0.4, -0.2) is 67.9 Å². The summed E-state index contributed by atoms with van der Waals surface area (Å²) in [5, 5.41) is 2.17. The van der Waals surface area contributed by atoms with Gasteiger partial charge in [0.25, 0.3) is 24.7 Å². The van der Waals surface area contributed by atoms with Crippen LogP contribution in [0.15, 0.2) is 18.2 Å². The summed E-state index contributed by atoms with van der Waals surface area (Å²) in [6.45, 7) is 0.703. The fraction of sp³-hybridized carbons (Fsp3) is 0.500. The number of primary amides is 1. The van der Waals surface area contributed by atoms with E-state index in [1.807, 2.05) is 0 Å². The molecule has 0 aromatic heterocycles. The topological polar surface area (TPSA) is 105 Å². The van der Waals surface area contributed by atoms with Gasteiger partial charge in [-0.3, -0.25) is 19.3 Å². The van der Waals surface area contributed by atoms with Crippen molar-refractivity contribution in [2.75, 3.05) is 43.1 Å². The van der Waals surface area contributed by atoms with E-state index in [1.54, 1.807) is 0 Å². The van der Waals surface area contributed by atoms with Crippen LogP contribution in [0.1, 0.15) is 18.9 Å². The van der Waals surface area contributed by atoms with Gasteiger partial charge in [-0.15, -0.1) is 0 Å². The van der Waals surface area contributed by atoms with Gasteiger partial charge >= 0.3 is 0 Å². The van der Waals surface area contributed by atoms with Crippen molar-refractivity contribution >= 4 is 29.1 Å². The van der Waals surface area contributed by atoms with E-state index in [0.717, 1.165) is 17.0 Å². The van der Waals surface area contributed by atoms with Crippen LogP contribution in [0.4, 0.5) is 28.9 Å². The van der Waals surface area contributed by atoms with E-state index in [9.17, 15) is 31.9 Å². The summed E-state index contributed by atoms with van der Waals surface area (Å²) < 4.78 is 57.7. The standard InChI is InChI=1S/C18H22F4N4O4/c1-2-25(8-13(19)20)15(17(23)28)18(29)24-12-4-3-10(7-11(12)16(21)22)26-5-6-30-9-14(26)27/h3-4,7,13,15-16H,2,5-6,8-9H2,1H3,(H2,23,28)(H,24,29)/t15-/m1/s1. The van der Waals surface area contributed by atoms with Crippen LogP contribution in [0.3, 0.4) is 0 Å². The van der Waals surface area contributed by atoms with Crippen molar-refractivity contribution in [3.05, 3.63) is 23.8 Å². The highest BCUT2D eigenvalue weighted by atomic mass is 19.3. The second-order valence-electron chi connectivity index (χ2n) is 6.44. The largest absolute Gasteiger partial charge is 0.370 e. The third kappa shape index (κ3) is 5.66. The summed E-state index contributed by atoms with van der Waals surface area (Å²) in [6, 6.07) is 1.77. The molecule has 1 aromatic carbocycles. The molecule has 0 aliphatic carbocycles. The molecule has 1 atom stereocenters. The van der Waals surface area contributed by atoms with E-state index in [2.05, 4.69) is 5.32 Å². The molecule has 0 unspecified atom stereocenters. The Labute approximate surface area is 169 Å². The Morgan fingerprint density at radius 2 is 2.00 bits per heavy atom. The predicted octanol–water partition coefficient (Wildman–Crippen LogP) is 1.37. The van der Waals surface area contributed by atoms with Gasteiger partial charge in [-0.1, -0.05) is 6.92 Å². The van der Waals surface area contributed by atoms with E-state index >= 15 is 0 Å². The molecule has 3 amide bonds. The van der Waals surface area contributed by atoms with E-state index in [0.29, 0.717) is 0 Å². The fourth-order valence-corrected chi connectivity index (χ4v) is 3.07. The molecule has 1 saturated heterocycles. The lowest BCUT2D eigenvalue weighted by atomic mass is 10.1. The van der Waals surface area contributed by atoms with Gasteiger partial charge in [-0.2, -0.15) is 0 Å². The summed E-state index contributed by atoms with van der Waals surface area (Å²) >= 11 is 0. The molecule has 8 nitrogen and oxygen atoms in total. The second-order valence-corrected chi connectivity index (χ2v) is 6.44. The number of alkyl halides is 4. The van der Waals surface area contributed by atoms with Crippen LogP contribution < -0.4 is 16.0 Å². The van der Waals surface area contributed by atoms with Crippen molar-refractivity contribution in [3.8, 4) is 0 Å². The van der Waals surface area contributed by atoms with Crippen LogP contribution >= 0.6 is 0 Å². The number of amides is 3. The minimum Gasteiger partial charge on any atom is -0.370 e. The summed E-state index contributed by atoms with van der Waals surface area (Å²) in [4.78, 5) is 38.3. The number of morpholine rings is 1. The zero-order valence-corrected chi connectivity index (χ0v) is 16.1. The maximum atomic E-state index is 13.6. The molecule has 1 heterocycles. The first-order valence-corrected chi connectivity index (χ1v) is 9.08. The number of nitrogens with zero attached hydrogens (tertiary/aromatic N) is 2. The van der Waals surface area contributed by atoms with E-state index in [1.165, 1.54) is 17.9 Å². The highest BCUT2D eigenvalue weighted by molar-refractivity contribution is 6.10. The molecule has 30 heavy (non-hydrogen) atoms. The lowest BCUT2D eigenvalue weighted by Crippen LogP contribution is -2.53. The van der Waals surface area contributed by atoms with Crippen LogP contribution in [0.2, 0.25) is 0 Å². The zero-order chi connectivity index (χ0) is 22.4. The van der Waals surface area contributed by atoms with Crippen molar-refractivity contribution < 1.29 is 36.7 Å². The molecule has 2 rings (SSSR count). The maximum Gasteiger partial charge on any atom is 0.265 e. The Bertz CT molecular complexity index is 793. The van der Waals surface area contributed by atoms with Crippen LogP contribution in [0, 0.1) is 0 Å². The van der Waals surface area contributed by atoms with Gasteiger partial charge < -0.3 is 20.7 Å². The van der Waals surface area contributed by atoms with Gasteiger partial charge in [-0.05, 0) is 24.7 Å². The third-order valence-electron chi connectivity index (χ3n) is 4.49.